The SMILES string of the molecule is CC(C(=O)Nc1cccc2c1CN(C1CCC(=O)N(C(=O)OC(C)(C)C)C1=O)C2=O)[C@@H](C)CCc1cccc2c1CN(C1CCC(=O)N(C(=O)OC(C)(C)C)C1=O)C2=O. The van der Waals surface area contributed by atoms with Gasteiger partial charge in [-0.15, -0.1) is 0 Å². The van der Waals surface area contributed by atoms with E-state index in [0.29, 0.717) is 45.0 Å². The number of nitrogens with one attached hydrogen (secondary N) is 1. The van der Waals surface area contributed by atoms with Gasteiger partial charge in [0.1, 0.15) is 23.3 Å². The summed E-state index contributed by atoms with van der Waals surface area (Å²) in [6, 6.07) is 8.19. The molecule has 4 aliphatic heterocycles. The molecule has 2 aromatic rings. The topological polar surface area (TPSA) is 197 Å². The third-order valence-electron chi connectivity index (χ3n) is 11.2. The van der Waals surface area contributed by atoms with Crippen molar-refractivity contribution in [2.75, 3.05) is 5.32 Å². The Morgan fingerprint density at radius 3 is 1.64 bits per heavy atom. The molecule has 1 N–H and O–H groups in total. The van der Waals surface area contributed by atoms with Crippen molar-refractivity contribution in [2.45, 2.75) is 130 Å². The van der Waals surface area contributed by atoms with E-state index in [1.807, 2.05) is 13.0 Å². The van der Waals surface area contributed by atoms with Crippen LogP contribution in [0.3, 0.4) is 0 Å². The predicted octanol–water partition coefficient (Wildman–Crippen LogP) is 5.35. The molecule has 16 heteroatoms. The molecule has 6 rings (SSSR count). The molecular weight excluding hydrogens is 762 g/mol. The molecule has 2 saturated heterocycles. The van der Waals surface area contributed by atoms with Gasteiger partial charge in [-0.3, -0.25) is 33.6 Å². The molecule has 16 nitrogen and oxygen atoms in total. The zero-order valence-electron chi connectivity index (χ0n) is 34.7. The lowest BCUT2D eigenvalue weighted by molar-refractivity contribution is -0.152. The highest BCUT2D eigenvalue weighted by atomic mass is 16.6. The number of ether oxygens (including phenoxy) is 2. The molecule has 2 fully saturated rings. The summed E-state index contributed by atoms with van der Waals surface area (Å²) in [5.41, 5.74) is 1.42. The third-order valence-corrected chi connectivity index (χ3v) is 11.2. The number of aryl methyl sites for hydroxylation is 1. The van der Waals surface area contributed by atoms with Gasteiger partial charge in [0, 0.05) is 54.2 Å². The minimum absolute atomic E-state index is 0.0159. The molecule has 0 spiro atoms. The second kappa shape index (κ2) is 16.0. The zero-order valence-corrected chi connectivity index (χ0v) is 34.7. The maximum absolute atomic E-state index is 13.7. The van der Waals surface area contributed by atoms with Crippen LogP contribution in [0.15, 0.2) is 36.4 Å². The van der Waals surface area contributed by atoms with Crippen molar-refractivity contribution in [3.63, 3.8) is 0 Å². The molecule has 0 saturated carbocycles. The molecule has 4 atom stereocenters. The lowest BCUT2D eigenvalue weighted by atomic mass is 9.88. The van der Waals surface area contributed by atoms with Crippen LogP contribution in [0.5, 0.6) is 0 Å². The molecule has 9 amide bonds. The van der Waals surface area contributed by atoms with Gasteiger partial charge in [0.05, 0.1) is 0 Å². The molecule has 0 aliphatic carbocycles. The number of carbonyl (C=O) groups excluding carboxylic acids is 9. The summed E-state index contributed by atoms with van der Waals surface area (Å²) in [7, 11) is 0. The van der Waals surface area contributed by atoms with Crippen molar-refractivity contribution in [3.05, 3.63) is 64.2 Å². The van der Waals surface area contributed by atoms with Crippen molar-refractivity contribution in [2.24, 2.45) is 11.8 Å². The van der Waals surface area contributed by atoms with Gasteiger partial charge in [0.2, 0.25) is 17.7 Å². The number of hydrogen-bond donors (Lipinski definition) is 1. The third kappa shape index (κ3) is 8.62. The van der Waals surface area contributed by atoms with Crippen LogP contribution in [0.25, 0.3) is 0 Å². The largest absolute Gasteiger partial charge is 0.443 e. The fraction of sp³-hybridized carbons (Fsp3) is 0.512. The number of hydrogen-bond acceptors (Lipinski definition) is 11. The van der Waals surface area contributed by atoms with Crippen LogP contribution >= 0.6 is 0 Å². The fourth-order valence-electron chi connectivity index (χ4n) is 7.88. The average Bonchev–Trinajstić information content (AvgIpc) is 3.65. The first kappa shape index (κ1) is 42.7. The first-order valence-corrected chi connectivity index (χ1v) is 19.9. The van der Waals surface area contributed by atoms with Gasteiger partial charge in [-0.1, -0.05) is 32.0 Å². The number of likely N-dealkylation sites (tertiary alicyclic amines) is 2. The quantitative estimate of drug-likeness (QED) is 0.338. The summed E-state index contributed by atoms with van der Waals surface area (Å²) >= 11 is 0. The Morgan fingerprint density at radius 1 is 0.695 bits per heavy atom. The summed E-state index contributed by atoms with van der Waals surface area (Å²) in [5.74, 6) is -4.74. The molecule has 59 heavy (non-hydrogen) atoms. The van der Waals surface area contributed by atoms with Crippen LogP contribution in [0, 0.1) is 11.8 Å². The number of amides is 9. The van der Waals surface area contributed by atoms with Crippen LogP contribution in [-0.2, 0) is 53.0 Å². The van der Waals surface area contributed by atoms with E-state index in [4.69, 9.17) is 9.47 Å². The number of piperidine rings is 2. The van der Waals surface area contributed by atoms with Crippen molar-refractivity contribution in [1.82, 2.24) is 19.6 Å². The van der Waals surface area contributed by atoms with Crippen molar-refractivity contribution < 1.29 is 52.6 Å². The van der Waals surface area contributed by atoms with Crippen molar-refractivity contribution in [1.29, 1.82) is 0 Å². The first-order chi connectivity index (χ1) is 27.6. The Labute approximate surface area is 342 Å². The Bertz CT molecular complexity index is 2150. The molecule has 3 unspecified atom stereocenters. The number of rotatable bonds is 8. The standard InChI is InChI=1S/C43H51N5O11/c1-23(15-16-25-11-9-12-26-28(25)21-45(36(26)52)31-17-19-33(49)47(38(31)54)40(56)58-42(3,4)5)24(2)35(51)44-30-14-10-13-27-29(30)22-46(37(27)53)32-18-20-34(50)48(39(32)55)41(57)59-43(6,7)8/h9-14,23-24,31-32H,15-22H2,1-8H3,(H,44,51)/t23-,24?,31?,32?/m0/s1. The molecule has 0 bridgehead atoms. The Balaban J connectivity index is 1.09. The Hall–Kier alpha value is -5.93. The smallest absolute Gasteiger partial charge is 0.424 e. The lowest BCUT2D eigenvalue weighted by Gasteiger charge is -2.35. The number of carbonyl (C=O) groups is 9. The highest BCUT2D eigenvalue weighted by Crippen LogP contribution is 2.36. The number of benzene rings is 2. The van der Waals surface area contributed by atoms with E-state index in [-0.39, 0.29) is 56.5 Å². The second-order valence-electron chi connectivity index (χ2n) is 17.6. The molecule has 314 valence electrons. The molecule has 4 heterocycles. The summed E-state index contributed by atoms with van der Waals surface area (Å²) in [6.07, 6.45) is -1.18. The van der Waals surface area contributed by atoms with Crippen molar-refractivity contribution in [3.8, 4) is 0 Å². The van der Waals surface area contributed by atoms with Crippen LogP contribution in [0.2, 0.25) is 0 Å². The van der Waals surface area contributed by atoms with E-state index in [2.05, 4.69) is 5.32 Å². The predicted molar refractivity (Wildman–Crippen MR) is 210 cm³/mol. The first-order valence-electron chi connectivity index (χ1n) is 19.9. The highest BCUT2D eigenvalue weighted by molar-refractivity contribution is 6.15. The molecule has 2 aromatic carbocycles. The number of anilines is 1. The molecule has 4 aliphatic rings. The van der Waals surface area contributed by atoms with Gasteiger partial charge >= 0.3 is 12.2 Å². The van der Waals surface area contributed by atoms with E-state index >= 15 is 0 Å². The molecule has 0 radical (unpaired) electrons. The maximum Gasteiger partial charge on any atom is 0.424 e. The van der Waals surface area contributed by atoms with Crippen molar-refractivity contribution >= 4 is 59.2 Å². The number of fused-ring (bicyclic) bond motifs is 2. The average molecular weight is 814 g/mol. The van der Waals surface area contributed by atoms with Crippen LogP contribution in [0.4, 0.5) is 15.3 Å². The normalized spacial score (nSPS) is 20.7. The van der Waals surface area contributed by atoms with E-state index in [1.165, 1.54) is 9.80 Å². The van der Waals surface area contributed by atoms with Gasteiger partial charge in [-0.05, 0) is 102 Å². The van der Waals surface area contributed by atoms with Gasteiger partial charge in [-0.2, -0.15) is 9.80 Å². The van der Waals surface area contributed by atoms with Crippen LogP contribution < -0.4 is 5.32 Å². The van der Waals surface area contributed by atoms with Crippen LogP contribution in [0.1, 0.15) is 125 Å². The second-order valence-corrected chi connectivity index (χ2v) is 17.6. The Morgan fingerprint density at radius 2 is 1.15 bits per heavy atom. The van der Waals surface area contributed by atoms with Crippen LogP contribution in [-0.4, -0.2) is 96.4 Å². The summed E-state index contributed by atoms with van der Waals surface area (Å²) < 4.78 is 10.6. The van der Waals surface area contributed by atoms with E-state index in [0.717, 1.165) is 11.1 Å². The minimum atomic E-state index is -1.09. The summed E-state index contributed by atoms with van der Waals surface area (Å²) in [4.78, 5) is 123. The van der Waals surface area contributed by atoms with E-state index in [1.54, 1.807) is 78.8 Å². The van der Waals surface area contributed by atoms with Gasteiger partial charge in [-0.25, -0.2) is 9.59 Å². The van der Waals surface area contributed by atoms with Gasteiger partial charge in [0.25, 0.3) is 23.6 Å². The van der Waals surface area contributed by atoms with E-state index in [9.17, 15) is 43.2 Å². The molecule has 0 aromatic heterocycles. The minimum Gasteiger partial charge on any atom is -0.443 e. The monoisotopic (exact) mass is 813 g/mol. The highest BCUT2D eigenvalue weighted by Gasteiger charge is 2.48. The summed E-state index contributed by atoms with van der Waals surface area (Å²) in [5, 5.41) is 2.97. The fourth-order valence-corrected chi connectivity index (χ4v) is 7.88. The molecular formula is C43H51N5O11. The maximum atomic E-state index is 13.7. The number of imide groups is 6. The summed E-state index contributed by atoms with van der Waals surface area (Å²) in [6.45, 7) is 13.6. The van der Waals surface area contributed by atoms with Gasteiger partial charge < -0.3 is 24.6 Å². The zero-order chi connectivity index (χ0) is 43.3. The van der Waals surface area contributed by atoms with Gasteiger partial charge in [0.15, 0.2) is 0 Å². The Kier molecular flexibility index (Phi) is 11.6. The van der Waals surface area contributed by atoms with E-state index < -0.39 is 70.9 Å². The lowest BCUT2D eigenvalue weighted by Crippen LogP contribution is -2.57. The number of nitrogens with zero attached hydrogens (tertiary/aromatic N) is 4.